The van der Waals surface area contributed by atoms with Gasteiger partial charge in [0.05, 0.1) is 6.61 Å². The van der Waals surface area contributed by atoms with Crippen molar-refractivity contribution in [1.29, 1.82) is 0 Å². The molecule has 21 heavy (non-hydrogen) atoms. The number of hydrogen-bond acceptors (Lipinski definition) is 3. The van der Waals surface area contributed by atoms with Crippen molar-refractivity contribution in [3.8, 4) is 17.0 Å². The summed E-state index contributed by atoms with van der Waals surface area (Å²) in [6.45, 7) is 7.22. The summed E-state index contributed by atoms with van der Waals surface area (Å²) in [5, 5.41) is 13.8. The van der Waals surface area contributed by atoms with Crippen molar-refractivity contribution >= 4 is 5.97 Å². The lowest BCUT2D eigenvalue weighted by molar-refractivity contribution is 0.0697. The number of carboxylic acid groups (broad SMARTS) is 1. The molecule has 0 unspecified atom stereocenters. The number of para-hydroxylation sites is 1. The second kappa shape index (κ2) is 6.43. The molecular weight excluding hydrogens is 268 g/mol. The third kappa shape index (κ3) is 3.42. The maximum absolute atomic E-state index is 11.5. The van der Waals surface area contributed by atoms with E-state index in [4.69, 9.17) is 4.74 Å². The molecule has 0 bridgehead atoms. The van der Waals surface area contributed by atoms with Gasteiger partial charge in [-0.05, 0) is 25.0 Å². The summed E-state index contributed by atoms with van der Waals surface area (Å²) in [5.41, 5.74) is 1.36. The number of aromatic carboxylic acids is 1. The van der Waals surface area contributed by atoms with Crippen molar-refractivity contribution in [2.45, 2.75) is 27.3 Å². The molecule has 5 heteroatoms. The Bertz CT molecular complexity index is 632. The molecule has 0 amide bonds. The van der Waals surface area contributed by atoms with E-state index in [0.717, 1.165) is 0 Å². The monoisotopic (exact) mass is 288 g/mol. The maximum atomic E-state index is 11.5. The summed E-state index contributed by atoms with van der Waals surface area (Å²) >= 11 is 0. The van der Waals surface area contributed by atoms with E-state index >= 15 is 0 Å². The third-order valence-corrected chi connectivity index (χ3v) is 2.99. The Hall–Kier alpha value is -2.30. The predicted octanol–water partition coefficient (Wildman–Crippen LogP) is 3.30. The number of rotatable bonds is 6. The molecule has 1 aromatic heterocycles. The molecule has 0 aliphatic rings. The summed E-state index contributed by atoms with van der Waals surface area (Å²) in [5.74, 6) is 0.0603. The fourth-order valence-electron chi connectivity index (χ4n) is 2.19. The number of ether oxygens (including phenoxy) is 1. The summed E-state index contributed by atoms with van der Waals surface area (Å²) in [6, 6.07) is 7.37. The van der Waals surface area contributed by atoms with Gasteiger partial charge in [-0.25, -0.2) is 4.79 Å². The minimum absolute atomic E-state index is 0.197. The molecule has 0 aliphatic carbocycles. The zero-order valence-corrected chi connectivity index (χ0v) is 12.5. The van der Waals surface area contributed by atoms with Gasteiger partial charge < -0.3 is 9.84 Å². The summed E-state index contributed by atoms with van der Waals surface area (Å²) in [7, 11) is 0. The molecule has 5 nitrogen and oxygen atoms in total. The smallest absolute Gasteiger partial charge is 0.339 e. The van der Waals surface area contributed by atoms with Gasteiger partial charge in [0.25, 0.3) is 0 Å². The van der Waals surface area contributed by atoms with Crippen molar-refractivity contribution in [3.05, 3.63) is 36.0 Å². The number of hydrogen-bond donors (Lipinski definition) is 1. The lowest BCUT2D eigenvalue weighted by Gasteiger charge is -2.08. The van der Waals surface area contributed by atoms with Crippen LogP contribution in [-0.4, -0.2) is 27.5 Å². The van der Waals surface area contributed by atoms with Crippen molar-refractivity contribution in [3.63, 3.8) is 0 Å². The Balaban J connectivity index is 2.51. The van der Waals surface area contributed by atoms with E-state index in [9.17, 15) is 9.90 Å². The first kappa shape index (κ1) is 15.1. The molecule has 1 N–H and O–H groups in total. The van der Waals surface area contributed by atoms with Gasteiger partial charge in [-0.1, -0.05) is 26.0 Å². The number of carboxylic acids is 1. The molecule has 0 saturated carbocycles. The van der Waals surface area contributed by atoms with Crippen molar-refractivity contribution in [2.24, 2.45) is 5.92 Å². The fourth-order valence-corrected chi connectivity index (χ4v) is 2.19. The molecule has 112 valence electrons. The first-order chi connectivity index (χ1) is 10.0. The SMILES string of the molecule is CCOc1ccccc1-c1nn(CC(C)C)cc1C(=O)O. The summed E-state index contributed by atoms with van der Waals surface area (Å²) < 4.78 is 7.26. The number of aromatic nitrogens is 2. The van der Waals surface area contributed by atoms with E-state index in [2.05, 4.69) is 18.9 Å². The maximum Gasteiger partial charge on any atom is 0.339 e. The van der Waals surface area contributed by atoms with E-state index in [1.165, 1.54) is 0 Å². The van der Waals surface area contributed by atoms with E-state index in [-0.39, 0.29) is 5.56 Å². The minimum atomic E-state index is -0.980. The Morgan fingerprint density at radius 3 is 2.71 bits per heavy atom. The molecular formula is C16H20N2O3. The van der Waals surface area contributed by atoms with Crippen LogP contribution in [0, 0.1) is 5.92 Å². The second-order valence-electron chi connectivity index (χ2n) is 5.24. The highest BCUT2D eigenvalue weighted by Gasteiger charge is 2.20. The van der Waals surface area contributed by atoms with Crippen LogP contribution in [0.1, 0.15) is 31.1 Å². The van der Waals surface area contributed by atoms with Crippen LogP contribution in [0.15, 0.2) is 30.5 Å². The molecule has 1 aromatic carbocycles. The van der Waals surface area contributed by atoms with Crippen LogP contribution in [0.4, 0.5) is 0 Å². The van der Waals surface area contributed by atoms with Gasteiger partial charge in [0.15, 0.2) is 0 Å². The number of benzene rings is 1. The number of carbonyl (C=O) groups is 1. The Morgan fingerprint density at radius 2 is 2.10 bits per heavy atom. The fraction of sp³-hybridized carbons (Fsp3) is 0.375. The Labute approximate surface area is 124 Å². The van der Waals surface area contributed by atoms with Crippen LogP contribution in [0.5, 0.6) is 5.75 Å². The topological polar surface area (TPSA) is 64.4 Å². The molecule has 2 rings (SSSR count). The average molecular weight is 288 g/mol. The van der Waals surface area contributed by atoms with Crippen LogP contribution < -0.4 is 4.74 Å². The standard InChI is InChI=1S/C16H20N2O3/c1-4-21-14-8-6-5-7-12(14)15-13(16(19)20)10-18(17-15)9-11(2)3/h5-8,10-11H,4,9H2,1-3H3,(H,19,20). The number of nitrogens with zero attached hydrogens (tertiary/aromatic N) is 2. The van der Waals surface area contributed by atoms with Gasteiger partial charge >= 0.3 is 5.97 Å². The van der Waals surface area contributed by atoms with E-state index in [1.54, 1.807) is 10.9 Å². The van der Waals surface area contributed by atoms with Gasteiger partial charge in [0.1, 0.15) is 17.0 Å². The minimum Gasteiger partial charge on any atom is -0.493 e. The first-order valence-electron chi connectivity index (χ1n) is 7.05. The third-order valence-electron chi connectivity index (χ3n) is 2.99. The summed E-state index contributed by atoms with van der Waals surface area (Å²) in [6.07, 6.45) is 1.58. The predicted molar refractivity (Wildman–Crippen MR) is 80.6 cm³/mol. The quantitative estimate of drug-likeness (QED) is 0.885. The molecule has 0 saturated heterocycles. The molecule has 0 radical (unpaired) electrons. The Morgan fingerprint density at radius 1 is 1.38 bits per heavy atom. The highest BCUT2D eigenvalue weighted by atomic mass is 16.5. The average Bonchev–Trinajstić information content (AvgIpc) is 2.83. The zero-order chi connectivity index (χ0) is 15.4. The summed E-state index contributed by atoms with van der Waals surface area (Å²) in [4.78, 5) is 11.5. The first-order valence-corrected chi connectivity index (χ1v) is 7.05. The zero-order valence-electron chi connectivity index (χ0n) is 12.5. The lowest BCUT2D eigenvalue weighted by atomic mass is 10.1. The molecule has 0 fully saturated rings. The molecule has 0 spiro atoms. The van der Waals surface area contributed by atoms with Crippen LogP contribution in [0.2, 0.25) is 0 Å². The van der Waals surface area contributed by atoms with Crippen molar-refractivity contribution in [1.82, 2.24) is 9.78 Å². The highest BCUT2D eigenvalue weighted by Crippen LogP contribution is 2.31. The molecule has 0 aliphatic heterocycles. The van der Waals surface area contributed by atoms with Crippen LogP contribution >= 0.6 is 0 Å². The van der Waals surface area contributed by atoms with Gasteiger partial charge in [-0.15, -0.1) is 0 Å². The van der Waals surface area contributed by atoms with Gasteiger partial charge in [0.2, 0.25) is 0 Å². The Kier molecular flexibility index (Phi) is 4.62. The largest absolute Gasteiger partial charge is 0.493 e. The van der Waals surface area contributed by atoms with E-state index in [0.29, 0.717) is 36.1 Å². The highest BCUT2D eigenvalue weighted by molar-refractivity contribution is 5.95. The van der Waals surface area contributed by atoms with E-state index in [1.807, 2.05) is 31.2 Å². The van der Waals surface area contributed by atoms with Crippen LogP contribution in [0.3, 0.4) is 0 Å². The van der Waals surface area contributed by atoms with Gasteiger partial charge in [0, 0.05) is 18.3 Å². The molecule has 1 heterocycles. The molecule has 0 atom stereocenters. The lowest BCUT2D eigenvalue weighted by Crippen LogP contribution is -2.04. The molecule has 2 aromatic rings. The van der Waals surface area contributed by atoms with Crippen molar-refractivity contribution in [2.75, 3.05) is 6.61 Å². The van der Waals surface area contributed by atoms with Gasteiger partial charge in [-0.3, -0.25) is 4.68 Å². The van der Waals surface area contributed by atoms with Crippen molar-refractivity contribution < 1.29 is 14.6 Å². The normalized spacial score (nSPS) is 10.9. The van der Waals surface area contributed by atoms with Crippen LogP contribution in [0.25, 0.3) is 11.3 Å². The van der Waals surface area contributed by atoms with Crippen LogP contribution in [-0.2, 0) is 6.54 Å². The second-order valence-corrected chi connectivity index (χ2v) is 5.24. The van der Waals surface area contributed by atoms with E-state index < -0.39 is 5.97 Å². The van der Waals surface area contributed by atoms with Gasteiger partial charge in [-0.2, -0.15) is 5.10 Å².